The molecule has 32 heavy (non-hydrogen) atoms. The van der Waals surface area contributed by atoms with Gasteiger partial charge < -0.3 is 14.5 Å². The zero-order chi connectivity index (χ0) is 23.3. The van der Waals surface area contributed by atoms with Crippen LogP contribution in [-0.2, 0) is 24.3 Å². The number of esters is 1. The molecule has 0 radical (unpaired) electrons. The lowest BCUT2D eigenvalue weighted by Crippen LogP contribution is -2.52. The minimum atomic E-state index is -3.95. The van der Waals surface area contributed by atoms with E-state index >= 15 is 0 Å². The van der Waals surface area contributed by atoms with Gasteiger partial charge in [-0.2, -0.15) is 4.72 Å². The number of carbonyl (C=O) groups excluding carboxylic acids is 2. The fourth-order valence-corrected chi connectivity index (χ4v) is 4.45. The number of amides is 1. The fourth-order valence-electron chi connectivity index (χ4n) is 3.13. The van der Waals surface area contributed by atoms with Crippen molar-refractivity contribution in [3.63, 3.8) is 0 Å². The molecule has 1 aromatic carbocycles. The van der Waals surface area contributed by atoms with Crippen molar-refractivity contribution in [2.75, 3.05) is 31.1 Å². The van der Waals surface area contributed by atoms with Crippen LogP contribution in [0, 0.1) is 0 Å². The van der Waals surface area contributed by atoms with Gasteiger partial charge in [0.15, 0.2) is 6.10 Å². The van der Waals surface area contributed by atoms with Crippen LogP contribution >= 0.6 is 11.6 Å². The Labute approximate surface area is 191 Å². The van der Waals surface area contributed by atoms with Crippen molar-refractivity contribution >= 4 is 39.4 Å². The number of sulfonamides is 1. The summed E-state index contributed by atoms with van der Waals surface area (Å²) in [5.74, 6) is -0.597. The first kappa shape index (κ1) is 23.9. The molecule has 2 aromatic rings. The highest BCUT2D eigenvalue weighted by Gasteiger charge is 2.30. The van der Waals surface area contributed by atoms with Crippen LogP contribution in [0.2, 0.25) is 5.02 Å². The molecular weight excluding hydrogens is 458 g/mol. The standard InChI is InChI=1S/C20H24ClN5O5S/c1-14(24-32(29,30)17-6-4-16(21)5-7-17)19(28)31-15(2)18(27)25-10-12-26(13-11-25)20-22-8-3-9-23-20/h3-9,14-15,24H,10-13H2,1-2H3/t14-,15?/m0/s1. The molecule has 1 aliphatic rings. The van der Waals surface area contributed by atoms with E-state index in [1.807, 2.05) is 4.90 Å². The van der Waals surface area contributed by atoms with E-state index in [0.29, 0.717) is 37.1 Å². The van der Waals surface area contributed by atoms with E-state index in [4.69, 9.17) is 16.3 Å². The summed E-state index contributed by atoms with van der Waals surface area (Å²) in [6.07, 6.45) is 2.26. The van der Waals surface area contributed by atoms with Gasteiger partial charge in [0, 0.05) is 43.6 Å². The summed E-state index contributed by atoms with van der Waals surface area (Å²) in [6, 6.07) is 6.07. The summed E-state index contributed by atoms with van der Waals surface area (Å²) in [7, 11) is -3.95. The number of aromatic nitrogens is 2. The molecule has 1 fully saturated rings. The van der Waals surface area contributed by atoms with Crippen molar-refractivity contribution in [3.05, 3.63) is 47.7 Å². The Hall–Kier alpha value is -2.76. The summed E-state index contributed by atoms with van der Waals surface area (Å²) in [4.78, 5) is 37.0. The molecule has 1 saturated heterocycles. The second-order valence-electron chi connectivity index (χ2n) is 7.24. The Kier molecular flexibility index (Phi) is 7.64. The van der Waals surface area contributed by atoms with Crippen molar-refractivity contribution in [1.29, 1.82) is 0 Å². The topological polar surface area (TPSA) is 122 Å². The molecule has 0 aliphatic carbocycles. The zero-order valence-corrected chi connectivity index (χ0v) is 19.2. The highest BCUT2D eigenvalue weighted by Crippen LogP contribution is 2.15. The number of anilines is 1. The molecule has 10 nitrogen and oxygen atoms in total. The van der Waals surface area contributed by atoms with Crippen molar-refractivity contribution < 1.29 is 22.7 Å². The molecule has 172 valence electrons. The first-order chi connectivity index (χ1) is 15.2. The minimum Gasteiger partial charge on any atom is -0.451 e. The Morgan fingerprint density at radius 2 is 1.66 bits per heavy atom. The van der Waals surface area contributed by atoms with E-state index in [2.05, 4.69) is 14.7 Å². The molecule has 1 amide bonds. The van der Waals surface area contributed by atoms with Gasteiger partial charge in [-0.1, -0.05) is 11.6 Å². The lowest BCUT2D eigenvalue weighted by molar-refractivity contribution is -0.160. The molecule has 2 atom stereocenters. The lowest BCUT2D eigenvalue weighted by atomic mass is 10.2. The second-order valence-corrected chi connectivity index (χ2v) is 9.39. The van der Waals surface area contributed by atoms with Gasteiger partial charge in [0.2, 0.25) is 16.0 Å². The normalized spacial score (nSPS) is 16.3. The van der Waals surface area contributed by atoms with E-state index in [1.165, 1.54) is 38.1 Å². The maximum absolute atomic E-state index is 12.7. The molecule has 0 saturated carbocycles. The predicted molar refractivity (Wildman–Crippen MR) is 118 cm³/mol. The van der Waals surface area contributed by atoms with Crippen LogP contribution in [0.4, 0.5) is 5.95 Å². The Bertz CT molecular complexity index is 1040. The maximum atomic E-state index is 12.7. The summed E-state index contributed by atoms with van der Waals surface area (Å²) in [6.45, 7) is 4.77. The Morgan fingerprint density at radius 1 is 1.06 bits per heavy atom. The molecule has 2 heterocycles. The van der Waals surface area contributed by atoms with Gasteiger partial charge in [-0.05, 0) is 44.2 Å². The molecule has 0 spiro atoms. The van der Waals surface area contributed by atoms with E-state index in [0.717, 1.165) is 0 Å². The Balaban J connectivity index is 1.51. The van der Waals surface area contributed by atoms with Gasteiger partial charge in [0.05, 0.1) is 4.90 Å². The first-order valence-electron chi connectivity index (χ1n) is 9.96. The average Bonchev–Trinajstić information content (AvgIpc) is 2.79. The molecule has 1 N–H and O–H groups in total. The molecule has 1 aromatic heterocycles. The van der Waals surface area contributed by atoms with Crippen LogP contribution in [0.15, 0.2) is 47.6 Å². The van der Waals surface area contributed by atoms with Crippen LogP contribution in [0.5, 0.6) is 0 Å². The molecular formula is C20H24ClN5O5S. The van der Waals surface area contributed by atoms with Gasteiger partial charge in [-0.25, -0.2) is 18.4 Å². The second kappa shape index (κ2) is 10.2. The maximum Gasteiger partial charge on any atom is 0.324 e. The number of ether oxygens (including phenoxy) is 1. The van der Waals surface area contributed by atoms with Gasteiger partial charge in [-0.3, -0.25) is 9.59 Å². The minimum absolute atomic E-state index is 0.0362. The van der Waals surface area contributed by atoms with Crippen molar-refractivity contribution in [2.45, 2.75) is 30.9 Å². The Morgan fingerprint density at radius 3 is 2.25 bits per heavy atom. The summed E-state index contributed by atoms with van der Waals surface area (Å²) in [5, 5.41) is 0.390. The smallest absolute Gasteiger partial charge is 0.324 e. The lowest BCUT2D eigenvalue weighted by Gasteiger charge is -2.35. The third-order valence-electron chi connectivity index (χ3n) is 4.88. The van der Waals surface area contributed by atoms with Gasteiger partial charge in [-0.15, -0.1) is 0 Å². The summed E-state index contributed by atoms with van der Waals surface area (Å²) < 4.78 is 32.3. The van der Waals surface area contributed by atoms with E-state index < -0.39 is 28.1 Å². The third kappa shape index (κ3) is 5.93. The van der Waals surface area contributed by atoms with Crippen molar-refractivity contribution in [1.82, 2.24) is 19.6 Å². The monoisotopic (exact) mass is 481 g/mol. The molecule has 1 unspecified atom stereocenters. The number of rotatable bonds is 7. The van der Waals surface area contributed by atoms with Crippen molar-refractivity contribution in [3.8, 4) is 0 Å². The van der Waals surface area contributed by atoms with Gasteiger partial charge >= 0.3 is 5.97 Å². The molecule has 3 rings (SSSR count). The van der Waals surface area contributed by atoms with Crippen LogP contribution < -0.4 is 9.62 Å². The van der Waals surface area contributed by atoms with E-state index in [-0.39, 0.29) is 10.8 Å². The molecule has 12 heteroatoms. The van der Waals surface area contributed by atoms with Gasteiger partial charge in [0.25, 0.3) is 5.91 Å². The highest BCUT2D eigenvalue weighted by molar-refractivity contribution is 7.89. The van der Waals surface area contributed by atoms with Crippen LogP contribution in [0.25, 0.3) is 0 Å². The van der Waals surface area contributed by atoms with Crippen molar-refractivity contribution in [2.24, 2.45) is 0 Å². The van der Waals surface area contributed by atoms with Crippen LogP contribution in [0.1, 0.15) is 13.8 Å². The summed E-state index contributed by atoms with van der Waals surface area (Å²) >= 11 is 5.77. The number of halogens is 1. The van der Waals surface area contributed by atoms with Gasteiger partial charge in [0.1, 0.15) is 6.04 Å². The zero-order valence-electron chi connectivity index (χ0n) is 17.6. The average molecular weight is 482 g/mol. The number of benzene rings is 1. The SMILES string of the molecule is CC(OC(=O)[C@H](C)NS(=O)(=O)c1ccc(Cl)cc1)C(=O)N1CCN(c2ncccn2)CC1. The van der Waals surface area contributed by atoms with E-state index in [1.54, 1.807) is 23.4 Å². The number of nitrogens with zero attached hydrogens (tertiary/aromatic N) is 4. The third-order valence-corrected chi connectivity index (χ3v) is 6.69. The molecule has 0 bridgehead atoms. The largest absolute Gasteiger partial charge is 0.451 e. The fraction of sp³-hybridized carbons (Fsp3) is 0.400. The number of piperazine rings is 1. The number of hydrogen-bond acceptors (Lipinski definition) is 8. The van der Waals surface area contributed by atoms with E-state index in [9.17, 15) is 18.0 Å². The number of nitrogens with one attached hydrogen (secondary N) is 1. The molecule has 1 aliphatic heterocycles. The summed E-state index contributed by atoms with van der Waals surface area (Å²) in [5.41, 5.74) is 0. The number of hydrogen-bond donors (Lipinski definition) is 1. The first-order valence-corrected chi connectivity index (χ1v) is 11.8. The highest BCUT2D eigenvalue weighted by atomic mass is 35.5. The van der Waals surface area contributed by atoms with Crippen LogP contribution in [-0.4, -0.2) is 73.5 Å². The number of carbonyl (C=O) groups is 2. The predicted octanol–water partition coefficient (Wildman–Crippen LogP) is 1.08. The quantitative estimate of drug-likeness (QED) is 0.583. The van der Waals surface area contributed by atoms with Crippen LogP contribution in [0.3, 0.4) is 0 Å².